The summed E-state index contributed by atoms with van der Waals surface area (Å²) in [6, 6.07) is -0.238. The number of carbonyl (C=O) groups is 2. The molecule has 2 rings (SSSR count). The van der Waals surface area contributed by atoms with Crippen molar-refractivity contribution in [1.29, 1.82) is 0 Å². The van der Waals surface area contributed by atoms with Crippen LogP contribution in [0.4, 0.5) is 4.79 Å². The first-order valence-corrected chi connectivity index (χ1v) is 7.46. The highest BCUT2D eigenvalue weighted by atomic mass is 16.5. The van der Waals surface area contributed by atoms with Crippen molar-refractivity contribution in [3.05, 3.63) is 0 Å². The zero-order valence-electron chi connectivity index (χ0n) is 12.2. The summed E-state index contributed by atoms with van der Waals surface area (Å²) >= 11 is 0. The number of carboxylic acids is 1. The predicted octanol–water partition coefficient (Wildman–Crippen LogP) is 1.31. The van der Waals surface area contributed by atoms with Gasteiger partial charge in [-0.2, -0.15) is 0 Å². The second kappa shape index (κ2) is 6.43. The van der Waals surface area contributed by atoms with Crippen molar-refractivity contribution in [3.8, 4) is 0 Å². The lowest BCUT2D eigenvalue weighted by Gasteiger charge is -2.30. The van der Waals surface area contributed by atoms with Crippen LogP contribution in [0, 0.1) is 11.8 Å². The van der Waals surface area contributed by atoms with Crippen LogP contribution in [0.15, 0.2) is 0 Å². The van der Waals surface area contributed by atoms with Crippen molar-refractivity contribution in [3.63, 3.8) is 0 Å². The van der Waals surface area contributed by atoms with Gasteiger partial charge in [-0.1, -0.05) is 20.3 Å². The van der Waals surface area contributed by atoms with Crippen LogP contribution in [0.1, 0.15) is 33.1 Å². The number of amides is 2. The van der Waals surface area contributed by atoms with Crippen LogP contribution in [-0.4, -0.2) is 53.8 Å². The molecule has 1 saturated carbocycles. The Balaban J connectivity index is 1.98. The van der Waals surface area contributed by atoms with Gasteiger partial charge in [0.1, 0.15) is 5.92 Å². The van der Waals surface area contributed by atoms with Crippen LogP contribution in [-0.2, 0) is 9.53 Å². The molecule has 0 aromatic rings. The van der Waals surface area contributed by atoms with Crippen molar-refractivity contribution < 1.29 is 19.4 Å². The minimum absolute atomic E-state index is 0.144. The first-order chi connectivity index (χ1) is 9.58. The summed E-state index contributed by atoms with van der Waals surface area (Å²) in [6.07, 6.45) is 2.91. The fourth-order valence-corrected chi connectivity index (χ4v) is 2.86. The SMILES string of the molecule is CCCN(C(=O)NC1CC1CC)C1COCC1C(=O)O. The molecular weight excluding hydrogens is 260 g/mol. The Hall–Kier alpha value is -1.30. The van der Waals surface area contributed by atoms with Crippen molar-refractivity contribution >= 4 is 12.0 Å². The standard InChI is InChI=1S/C14H24N2O4/c1-3-5-16(12-8-20-7-10(12)13(17)18)14(19)15-11-6-9(11)4-2/h9-12H,3-8H2,1-2H3,(H,15,19)(H,17,18). The number of aliphatic carboxylic acids is 1. The van der Waals surface area contributed by atoms with E-state index in [0.29, 0.717) is 19.1 Å². The van der Waals surface area contributed by atoms with Gasteiger partial charge in [-0.25, -0.2) is 4.79 Å². The fraction of sp³-hybridized carbons (Fsp3) is 0.857. The summed E-state index contributed by atoms with van der Waals surface area (Å²) in [7, 11) is 0. The third-order valence-corrected chi connectivity index (χ3v) is 4.25. The monoisotopic (exact) mass is 284 g/mol. The number of nitrogens with one attached hydrogen (secondary N) is 1. The van der Waals surface area contributed by atoms with Crippen molar-refractivity contribution in [2.75, 3.05) is 19.8 Å². The first-order valence-electron chi connectivity index (χ1n) is 7.46. The molecule has 4 unspecified atom stereocenters. The lowest BCUT2D eigenvalue weighted by atomic mass is 10.0. The van der Waals surface area contributed by atoms with E-state index in [1.807, 2.05) is 6.92 Å². The largest absolute Gasteiger partial charge is 0.481 e. The molecule has 1 saturated heterocycles. The zero-order valence-corrected chi connectivity index (χ0v) is 12.2. The topological polar surface area (TPSA) is 78.9 Å². The smallest absolute Gasteiger partial charge is 0.317 e. The summed E-state index contributed by atoms with van der Waals surface area (Å²) in [5.41, 5.74) is 0. The minimum atomic E-state index is -0.890. The maximum atomic E-state index is 12.4. The van der Waals surface area contributed by atoms with Gasteiger partial charge in [0.25, 0.3) is 0 Å². The van der Waals surface area contributed by atoms with Gasteiger partial charge < -0.3 is 20.1 Å². The second-order valence-corrected chi connectivity index (χ2v) is 5.70. The quantitative estimate of drug-likeness (QED) is 0.770. The Kier molecular flexibility index (Phi) is 4.86. The summed E-state index contributed by atoms with van der Waals surface area (Å²) in [4.78, 5) is 25.3. The lowest BCUT2D eigenvalue weighted by Crippen LogP contribution is -2.51. The molecule has 114 valence electrons. The van der Waals surface area contributed by atoms with Gasteiger partial charge in [-0.05, 0) is 18.8 Å². The van der Waals surface area contributed by atoms with E-state index in [0.717, 1.165) is 19.3 Å². The Labute approximate surface area is 119 Å². The van der Waals surface area contributed by atoms with Crippen LogP contribution >= 0.6 is 0 Å². The van der Waals surface area contributed by atoms with Gasteiger partial charge in [0.05, 0.1) is 19.3 Å². The summed E-state index contributed by atoms with van der Waals surface area (Å²) in [5.74, 6) is -0.926. The number of hydrogen-bond acceptors (Lipinski definition) is 3. The number of ether oxygens (including phenoxy) is 1. The molecule has 1 aliphatic carbocycles. The number of carbonyl (C=O) groups excluding carboxylic acids is 1. The molecule has 1 aliphatic heterocycles. The normalized spacial score (nSPS) is 31.9. The van der Waals surface area contributed by atoms with Gasteiger partial charge >= 0.3 is 12.0 Å². The predicted molar refractivity (Wildman–Crippen MR) is 73.4 cm³/mol. The number of nitrogens with zero attached hydrogens (tertiary/aromatic N) is 1. The third-order valence-electron chi connectivity index (χ3n) is 4.25. The van der Waals surface area contributed by atoms with Crippen LogP contribution in [0.5, 0.6) is 0 Å². The second-order valence-electron chi connectivity index (χ2n) is 5.70. The molecule has 0 aromatic carbocycles. The Bertz CT molecular complexity index is 374. The van der Waals surface area contributed by atoms with Crippen molar-refractivity contribution in [2.45, 2.75) is 45.2 Å². The molecule has 0 aromatic heterocycles. The number of urea groups is 1. The van der Waals surface area contributed by atoms with Crippen LogP contribution < -0.4 is 5.32 Å². The van der Waals surface area contributed by atoms with Crippen LogP contribution in [0.2, 0.25) is 0 Å². The average molecular weight is 284 g/mol. The third kappa shape index (κ3) is 3.23. The Morgan fingerprint density at radius 3 is 2.65 bits per heavy atom. The summed E-state index contributed by atoms with van der Waals surface area (Å²) < 4.78 is 5.27. The highest BCUT2D eigenvalue weighted by Gasteiger charge is 2.42. The highest BCUT2D eigenvalue weighted by Crippen LogP contribution is 2.33. The molecule has 2 aliphatic rings. The van der Waals surface area contributed by atoms with Gasteiger partial charge in [-0.15, -0.1) is 0 Å². The van der Waals surface area contributed by atoms with E-state index >= 15 is 0 Å². The van der Waals surface area contributed by atoms with E-state index in [4.69, 9.17) is 4.74 Å². The molecule has 0 radical (unpaired) electrons. The maximum Gasteiger partial charge on any atom is 0.317 e. The van der Waals surface area contributed by atoms with E-state index < -0.39 is 11.9 Å². The van der Waals surface area contributed by atoms with Gasteiger partial charge in [-0.3, -0.25) is 4.79 Å². The molecule has 0 spiro atoms. The molecule has 1 heterocycles. The molecule has 4 atom stereocenters. The van der Waals surface area contributed by atoms with E-state index in [1.165, 1.54) is 0 Å². The van der Waals surface area contributed by atoms with Gasteiger partial charge in [0.2, 0.25) is 0 Å². The molecule has 6 heteroatoms. The Morgan fingerprint density at radius 1 is 1.35 bits per heavy atom. The van der Waals surface area contributed by atoms with E-state index in [2.05, 4.69) is 12.2 Å². The van der Waals surface area contributed by atoms with Crippen LogP contribution in [0.3, 0.4) is 0 Å². The number of rotatable bonds is 6. The summed E-state index contributed by atoms with van der Waals surface area (Å²) in [5, 5.41) is 12.2. The molecule has 6 nitrogen and oxygen atoms in total. The van der Waals surface area contributed by atoms with E-state index in [-0.39, 0.29) is 24.7 Å². The van der Waals surface area contributed by atoms with Crippen LogP contribution in [0.25, 0.3) is 0 Å². The maximum absolute atomic E-state index is 12.4. The molecule has 2 N–H and O–H groups in total. The van der Waals surface area contributed by atoms with E-state index in [1.54, 1.807) is 4.90 Å². The molecule has 20 heavy (non-hydrogen) atoms. The van der Waals surface area contributed by atoms with Gasteiger partial charge in [0, 0.05) is 12.6 Å². The molecule has 2 fully saturated rings. The van der Waals surface area contributed by atoms with Crippen molar-refractivity contribution in [1.82, 2.24) is 10.2 Å². The van der Waals surface area contributed by atoms with Crippen molar-refractivity contribution in [2.24, 2.45) is 11.8 Å². The summed E-state index contributed by atoms with van der Waals surface area (Å²) in [6.45, 7) is 5.16. The fourth-order valence-electron chi connectivity index (χ4n) is 2.86. The molecule has 2 amide bonds. The molecule has 0 bridgehead atoms. The minimum Gasteiger partial charge on any atom is -0.481 e. The average Bonchev–Trinajstić information content (AvgIpc) is 2.98. The Morgan fingerprint density at radius 2 is 2.10 bits per heavy atom. The first kappa shape index (κ1) is 15.1. The zero-order chi connectivity index (χ0) is 14.7. The van der Waals surface area contributed by atoms with Gasteiger partial charge in [0.15, 0.2) is 0 Å². The molecular formula is C14H24N2O4. The highest BCUT2D eigenvalue weighted by molar-refractivity contribution is 5.77. The lowest BCUT2D eigenvalue weighted by molar-refractivity contribution is -0.142. The number of carboxylic acid groups (broad SMARTS) is 1. The number of hydrogen-bond donors (Lipinski definition) is 2. The van der Waals surface area contributed by atoms with E-state index in [9.17, 15) is 14.7 Å².